The quantitative estimate of drug-likeness (QED) is 0.557. The van der Waals surface area contributed by atoms with Crippen molar-refractivity contribution in [3.05, 3.63) is 78.9 Å². The average Bonchev–Trinajstić information content (AvgIpc) is 2.60. The standard InChI is InChI=1S/C20H15BO2/c22-21(23)19-10-4-8-15-7-3-9-18(20(15)19)17-12-11-14-5-1-2-6-16(14)13-17/h1-13,22-23H. The molecule has 0 saturated heterocycles. The van der Waals surface area contributed by atoms with E-state index in [1.807, 2.05) is 42.5 Å². The van der Waals surface area contributed by atoms with Crippen molar-refractivity contribution >= 4 is 34.1 Å². The minimum Gasteiger partial charge on any atom is -0.423 e. The van der Waals surface area contributed by atoms with Crippen LogP contribution in [0.1, 0.15) is 0 Å². The van der Waals surface area contributed by atoms with Crippen LogP contribution in [0.4, 0.5) is 0 Å². The number of hydrogen-bond acceptors (Lipinski definition) is 2. The Bertz CT molecular complexity index is 1000. The minimum atomic E-state index is -1.49. The van der Waals surface area contributed by atoms with E-state index < -0.39 is 7.12 Å². The Morgan fingerprint density at radius 1 is 0.609 bits per heavy atom. The summed E-state index contributed by atoms with van der Waals surface area (Å²) in [6.45, 7) is 0. The van der Waals surface area contributed by atoms with Crippen LogP contribution in [0, 0.1) is 0 Å². The second-order valence-electron chi connectivity index (χ2n) is 5.69. The summed E-state index contributed by atoms with van der Waals surface area (Å²) in [4.78, 5) is 0. The van der Waals surface area contributed by atoms with Gasteiger partial charge < -0.3 is 10.0 Å². The summed E-state index contributed by atoms with van der Waals surface area (Å²) in [5.41, 5.74) is 2.62. The fourth-order valence-corrected chi connectivity index (χ4v) is 3.18. The van der Waals surface area contributed by atoms with E-state index in [1.54, 1.807) is 6.07 Å². The molecular formula is C20H15BO2. The maximum Gasteiger partial charge on any atom is 0.489 e. The first-order chi connectivity index (χ1) is 11.2. The van der Waals surface area contributed by atoms with Crippen LogP contribution in [0.3, 0.4) is 0 Å². The van der Waals surface area contributed by atoms with Crippen LogP contribution >= 0.6 is 0 Å². The summed E-state index contributed by atoms with van der Waals surface area (Å²) in [5.74, 6) is 0. The highest BCUT2D eigenvalue weighted by Crippen LogP contribution is 2.30. The smallest absolute Gasteiger partial charge is 0.423 e. The predicted octanol–water partition coefficient (Wildman–Crippen LogP) is 3.34. The van der Waals surface area contributed by atoms with Gasteiger partial charge in [0.15, 0.2) is 0 Å². The van der Waals surface area contributed by atoms with E-state index in [4.69, 9.17) is 0 Å². The number of benzene rings is 4. The van der Waals surface area contributed by atoms with Crippen molar-refractivity contribution in [3.63, 3.8) is 0 Å². The summed E-state index contributed by atoms with van der Waals surface area (Å²) in [5, 5.41) is 23.7. The Morgan fingerprint density at radius 2 is 1.30 bits per heavy atom. The van der Waals surface area contributed by atoms with Crippen molar-refractivity contribution in [1.29, 1.82) is 0 Å². The molecule has 0 spiro atoms. The van der Waals surface area contributed by atoms with Gasteiger partial charge in [0.1, 0.15) is 0 Å². The molecule has 0 aromatic heterocycles. The van der Waals surface area contributed by atoms with Gasteiger partial charge in [0.25, 0.3) is 0 Å². The predicted molar refractivity (Wildman–Crippen MR) is 96.7 cm³/mol. The van der Waals surface area contributed by atoms with E-state index in [-0.39, 0.29) is 0 Å². The van der Waals surface area contributed by atoms with Gasteiger partial charge in [-0.2, -0.15) is 0 Å². The molecule has 0 aliphatic heterocycles. The SMILES string of the molecule is OB(O)c1cccc2cccc(-c3ccc4ccccc4c3)c12. The summed E-state index contributed by atoms with van der Waals surface area (Å²) in [6.07, 6.45) is 0. The van der Waals surface area contributed by atoms with Gasteiger partial charge in [-0.1, -0.05) is 72.8 Å². The normalized spacial score (nSPS) is 11.0. The molecule has 4 aromatic carbocycles. The Morgan fingerprint density at radius 3 is 2.09 bits per heavy atom. The Labute approximate surface area is 134 Å². The van der Waals surface area contributed by atoms with Gasteiger partial charge in [-0.05, 0) is 44.2 Å². The second kappa shape index (κ2) is 5.54. The largest absolute Gasteiger partial charge is 0.489 e. The molecule has 0 amide bonds. The number of fused-ring (bicyclic) bond motifs is 2. The van der Waals surface area contributed by atoms with Crippen LogP contribution in [-0.4, -0.2) is 17.2 Å². The molecule has 0 bridgehead atoms. The first-order valence-electron chi connectivity index (χ1n) is 7.61. The van der Waals surface area contributed by atoms with E-state index in [2.05, 4.69) is 30.3 Å². The molecule has 2 N–H and O–H groups in total. The van der Waals surface area contributed by atoms with Crippen molar-refractivity contribution in [2.24, 2.45) is 0 Å². The molecule has 0 aliphatic rings. The van der Waals surface area contributed by atoms with Crippen LogP contribution in [-0.2, 0) is 0 Å². The lowest BCUT2D eigenvalue weighted by molar-refractivity contribution is 0.426. The average molecular weight is 298 g/mol. The molecule has 4 aromatic rings. The highest BCUT2D eigenvalue weighted by molar-refractivity contribution is 6.62. The van der Waals surface area contributed by atoms with Gasteiger partial charge in [-0.25, -0.2) is 0 Å². The third-order valence-electron chi connectivity index (χ3n) is 4.28. The van der Waals surface area contributed by atoms with Crippen molar-refractivity contribution in [3.8, 4) is 11.1 Å². The fraction of sp³-hybridized carbons (Fsp3) is 0. The van der Waals surface area contributed by atoms with Crippen molar-refractivity contribution < 1.29 is 10.0 Å². The molecule has 0 fully saturated rings. The van der Waals surface area contributed by atoms with Crippen molar-refractivity contribution in [1.82, 2.24) is 0 Å². The Kier molecular flexibility index (Phi) is 3.38. The number of hydrogen-bond donors (Lipinski definition) is 2. The van der Waals surface area contributed by atoms with Gasteiger partial charge in [0, 0.05) is 0 Å². The Hall–Kier alpha value is -2.62. The maximum absolute atomic E-state index is 9.72. The second-order valence-corrected chi connectivity index (χ2v) is 5.69. The van der Waals surface area contributed by atoms with E-state index in [9.17, 15) is 10.0 Å². The van der Waals surface area contributed by atoms with Gasteiger partial charge in [0.05, 0.1) is 0 Å². The topological polar surface area (TPSA) is 40.5 Å². The highest BCUT2D eigenvalue weighted by atomic mass is 16.4. The minimum absolute atomic E-state index is 0.534. The van der Waals surface area contributed by atoms with E-state index in [1.165, 1.54) is 10.8 Å². The lowest BCUT2D eigenvalue weighted by Crippen LogP contribution is -2.30. The van der Waals surface area contributed by atoms with Gasteiger partial charge in [-0.15, -0.1) is 0 Å². The first-order valence-corrected chi connectivity index (χ1v) is 7.61. The molecule has 0 heterocycles. The number of rotatable bonds is 2. The summed E-state index contributed by atoms with van der Waals surface area (Å²) < 4.78 is 0. The van der Waals surface area contributed by atoms with E-state index in [0.717, 1.165) is 21.9 Å². The van der Waals surface area contributed by atoms with Crippen LogP contribution < -0.4 is 5.46 Å². The van der Waals surface area contributed by atoms with Crippen molar-refractivity contribution in [2.75, 3.05) is 0 Å². The molecule has 23 heavy (non-hydrogen) atoms. The molecule has 110 valence electrons. The summed E-state index contributed by atoms with van der Waals surface area (Å²) >= 11 is 0. The lowest BCUT2D eigenvalue weighted by Gasteiger charge is -2.12. The molecule has 0 saturated carbocycles. The van der Waals surface area contributed by atoms with E-state index >= 15 is 0 Å². The Balaban J connectivity index is 2.03. The van der Waals surface area contributed by atoms with Gasteiger partial charge in [-0.3, -0.25) is 0 Å². The summed E-state index contributed by atoms with van der Waals surface area (Å²) in [7, 11) is -1.49. The molecule has 3 heteroatoms. The van der Waals surface area contributed by atoms with Gasteiger partial charge >= 0.3 is 7.12 Å². The van der Waals surface area contributed by atoms with Crippen LogP contribution in [0.25, 0.3) is 32.7 Å². The molecule has 4 rings (SSSR count). The third-order valence-corrected chi connectivity index (χ3v) is 4.28. The van der Waals surface area contributed by atoms with Gasteiger partial charge in [0.2, 0.25) is 0 Å². The molecule has 2 nitrogen and oxygen atoms in total. The zero-order valence-electron chi connectivity index (χ0n) is 12.5. The summed E-state index contributed by atoms with van der Waals surface area (Å²) in [6, 6.07) is 26.2. The zero-order chi connectivity index (χ0) is 15.8. The van der Waals surface area contributed by atoms with Crippen LogP contribution in [0.15, 0.2) is 78.9 Å². The molecule has 0 radical (unpaired) electrons. The van der Waals surface area contributed by atoms with Crippen LogP contribution in [0.2, 0.25) is 0 Å². The fourth-order valence-electron chi connectivity index (χ4n) is 3.18. The molecular weight excluding hydrogens is 283 g/mol. The highest BCUT2D eigenvalue weighted by Gasteiger charge is 2.17. The molecule has 0 unspecified atom stereocenters. The molecule has 0 aliphatic carbocycles. The molecule has 0 atom stereocenters. The monoisotopic (exact) mass is 298 g/mol. The first kappa shape index (κ1) is 14.0. The lowest BCUT2D eigenvalue weighted by atomic mass is 9.75. The zero-order valence-corrected chi connectivity index (χ0v) is 12.5. The third kappa shape index (κ3) is 2.40. The van der Waals surface area contributed by atoms with E-state index in [0.29, 0.717) is 5.46 Å². The van der Waals surface area contributed by atoms with Crippen LogP contribution in [0.5, 0.6) is 0 Å². The maximum atomic E-state index is 9.72. The van der Waals surface area contributed by atoms with Crippen molar-refractivity contribution in [2.45, 2.75) is 0 Å².